The van der Waals surface area contributed by atoms with E-state index in [2.05, 4.69) is 48.3 Å². The van der Waals surface area contributed by atoms with Gasteiger partial charge in [0, 0.05) is 29.1 Å². The van der Waals surface area contributed by atoms with Crippen molar-refractivity contribution < 1.29 is 13.9 Å². The minimum absolute atomic E-state index is 0.206. The molecule has 0 bridgehead atoms. The molecule has 0 atom stereocenters. The van der Waals surface area contributed by atoms with E-state index in [9.17, 15) is 4.39 Å². The molecule has 5 heteroatoms. The third-order valence-electron chi connectivity index (χ3n) is 5.96. The Morgan fingerprint density at radius 1 is 0.935 bits per heavy atom. The minimum atomic E-state index is -0.282. The van der Waals surface area contributed by atoms with Gasteiger partial charge in [0.2, 0.25) is 0 Å². The van der Waals surface area contributed by atoms with Gasteiger partial charge in [0.1, 0.15) is 17.3 Å². The Labute approximate surface area is 181 Å². The highest BCUT2D eigenvalue weighted by molar-refractivity contribution is 5.98. The quantitative estimate of drug-likeness (QED) is 0.559. The van der Waals surface area contributed by atoms with E-state index < -0.39 is 0 Å². The molecular weight excluding hydrogens is 391 g/mol. The van der Waals surface area contributed by atoms with Crippen LogP contribution < -0.4 is 19.7 Å². The van der Waals surface area contributed by atoms with E-state index >= 15 is 0 Å². The standard InChI is InChI=1S/C26H25FN2O2/c1-26(2)14-22-25-19(15-29(22)21-7-5-6-8-24(21)31-4)17(10-11-20(25)28-26)18-13-16(27)9-12-23(18)30-3/h5-14,28H,15H2,1-4H3. The van der Waals surface area contributed by atoms with Crippen LogP contribution in [0.4, 0.5) is 15.8 Å². The second-order valence-electron chi connectivity index (χ2n) is 8.49. The smallest absolute Gasteiger partial charge is 0.142 e. The molecule has 158 valence electrons. The molecule has 0 saturated heterocycles. The Kier molecular flexibility index (Phi) is 4.43. The van der Waals surface area contributed by atoms with Crippen molar-refractivity contribution in [1.29, 1.82) is 0 Å². The third-order valence-corrected chi connectivity index (χ3v) is 5.96. The second-order valence-corrected chi connectivity index (χ2v) is 8.49. The molecule has 0 unspecified atom stereocenters. The van der Waals surface area contributed by atoms with Crippen molar-refractivity contribution in [1.82, 2.24) is 0 Å². The Morgan fingerprint density at radius 2 is 1.71 bits per heavy atom. The molecule has 0 aliphatic carbocycles. The zero-order valence-corrected chi connectivity index (χ0v) is 18.1. The zero-order valence-electron chi connectivity index (χ0n) is 18.1. The molecule has 2 aliphatic rings. The predicted octanol–water partition coefficient (Wildman–Crippen LogP) is 6.08. The van der Waals surface area contributed by atoms with Crippen molar-refractivity contribution in [2.24, 2.45) is 0 Å². The molecule has 2 aliphatic heterocycles. The number of ether oxygens (including phenoxy) is 2. The first-order valence-corrected chi connectivity index (χ1v) is 10.3. The lowest BCUT2D eigenvalue weighted by molar-refractivity contribution is 0.415. The lowest BCUT2D eigenvalue weighted by Crippen LogP contribution is -2.33. The van der Waals surface area contributed by atoms with Gasteiger partial charge in [0.15, 0.2) is 0 Å². The third kappa shape index (κ3) is 3.12. The lowest BCUT2D eigenvalue weighted by Gasteiger charge is -2.33. The lowest BCUT2D eigenvalue weighted by atomic mass is 9.89. The first-order chi connectivity index (χ1) is 14.9. The number of anilines is 2. The Hall–Kier alpha value is -3.47. The molecule has 0 radical (unpaired) electrons. The van der Waals surface area contributed by atoms with Gasteiger partial charge in [-0.05, 0) is 67.4 Å². The number of nitrogens with zero attached hydrogens (tertiary/aromatic N) is 1. The van der Waals surface area contributed by atoms with Crippen molar-refractivity contribution in [3.8, 4) is 22.6 Å². The van der Waals surface area contributed by atoms with E-state index in [1.54, 1.807) is 26.4 Å². The van der Waals surface area contributed by atoms with Gasteiger partial charge in [0.25, 0.3) is 0 Å². The number of hydrogen-bond donors (Lipinski definition) is 1. The molecule has 0 amide bonds. The number of halogens is 1. The summed E-state index contributed by atoms with van der Waals surface area (Å²) in [5.41, 5.74) is 7.03. The van der Waals surface area contributed by atoms with Crippen molar-refractivity contribution in [3.05, 3.63) is 77.6 Å². The van der Waals surface area contributed by atoms with Crippen LogP contribution in [0, 0.1) is 5.82 Å². The summed E-state index contributed by atoms with van der Waals surface area (Å²) in [6.45, 7) is 4.97. The molecule has 0 saturated carbocycles. The summed E-state index contributed by atoms with van der Waals surface area (Å²) in [5.74, 6) is 1.19. The number of para-hydroxylation sites is 2. The highest BCUT2D eigenvalue weighted by Gasteiger charge is 2.37. The molecule has 31 heavy (non-hydrogen) atoms. The summed E-state index contributed by atoms with van der Waals surface area (Å²) >= 11 is 0. The summed E-state index contributed by atoms with van der Waals surface area (Å²) in [6.07, 6.45) is 2.25. The first-order valence-electron chi connectivity index (χ1n) is 10.3. The van der Waals surface area contributed by atoms with Crippen molar-refractivity contribution in [3.63, 3.8) is 0 Å². The minimum Gasteiger partial charge on any atom is -0.496 e. The molecule has 3 aromatic carbocycles. The molecule has 4 nitrogen and oxygen atoms in total. The first kappa shape index (κ1) is 19.5. The SMILES string of the molecule is COc1ccc(F)cc1-c1ccc2c3c1CN(c1ccccc1OC)C3=CC(C)(C)N2. The molecule has 5 rings (SSSR count). The fourth-order valence-electron chi connectivity index (χ4n) is 4.67. The summed E-state index contributed by atoms with van der Waals surface area (Å²) in [4.78, 5) is 2.28. The number of hydrogen-bond acceptors (Lipinski definition) is 4. The number of nitrogens with one attached hydrogen (secondary N) is 1. The summed E-state index contributed by atoms with van der Waals surface area (Å²) in [6, 6.07) is 16.8. The molecule has 0 aromatic heterocycles. The zero-order chi connectivity index (χ0) is 21.8. The van der Waals surface area contributed by atoms with Crippen LogP contribution in [0.1, 0.15) is 25.0 Å². The Morgan fingerprint density at radius 3 is 2.48 bits per heavy atom. The van der Waals surface area contributed by atoms with Gasteiger partial charge in [-0.15, -0.1) is 0 Å². The van der Waals surface area contributed by atoms with E-state index in [1.807, 2.05) is 18.2 Å². The highest BCUT2D eigenvalue weighted by atomic mass is 19.1. The normalized spacial score (nSPS) is 15.8. The highest BCUT2D eigenvalue weighted by Crippen LogP contribution is 2.50. The van der Waals surface area contributed by atoms with Gasteiger partial charge in [0.05, 0.1) is 25.4 Å². The average molecular weight is 416 g/mol. The van der Waals surface area contributed by atoms with Gasteiger partial charge in [-0.2, -0.15) is 0 Å². The maximum absolute atomic E-state index is 14.2. The summed E-state index contributed by atoms with van der Waals surface area (Å²) < 4.78 is 25.4. The van der Waals surface area contributed by atoms with Gasteiger partial charge in [-0.25, -0.2) is 4.39 Å². The van der Waals surface area contributed by atoms with E-state index in [-0.39, 0.29) is 11.4 Å². The van der Waals surface area contributed by atoms with Gasteiger partial charge in [-0.3, -0.25) is 0 Å². The molecule has 3 aromatic rings. The maximum Gasteiger partial charge on any atom is 0.142 e. The van der Waals surface area contributed by atoms with Crippen molar-refractivity contribution in [2.45, 2.75) is 25.9 Å². The van der Waals surface area contributed by atoms with Crippen LogP contribution in [0.2, 0.25) is 0 Å². The maximum atomic E-state index is 14.2. The van der Waals surface area contributed by atoms with E-state index in [0.717, 1.165) is 45.1 Å². The van der Waals surface area contributed by atoms with Gasteiger partial charge in [-0.1, -0.05) is 18.2 Å². The Bertz CT molecular complexity index is 1220. The average Bonchev–Trinajstić information content (AvgIpc) is 3.12. The van der Waals surface area contributed by atoms with Crippen LogP contribution in [0.3, 0.4) is 0 Å². The fraction of sp³-hybridized carbons (Fsp3) is 0.231. The van der Waals surface area contributed by atoms with Crippen LogP contribution in [0.25, 0.3) is 16.8 Å². The molecule has 0 fully saturated rings. The van der Waals surface area contributed by atoms with Crippen LogP contribution in [0.15, 0.2) is 60.7 Å². The van der Waals surface area contributed by atoms with Crippen LogP contribution in [-0.4, -0.2) is 19.8 Å². The summed E-state index contributed by atoms with van der Waals surface area (Å²) in [5, 5.41) is 3.63. The second kappa shape index (κ2) is 7.05. The Balaban J connectivity index is 1.75. The number of rotatable bonds is 4. The predicted molar refractivity (Wildman–Crippen MR) is 123 cm³/mol. The monoisotopic (exact) mass is 416 g/mol. The van der Waals surface area contributed by atoms with Crippen LogP contribution in [-0.2, 0) is 6.54 Å². The fourth-order valence-corrected chi connectivity index (χ4v) is 4.67. The van der Waals surface area contributed by atoms with E-state index in [1.165, 1.54) is 6.07 Å². The van der Waals surface area contributed by atoms with Crippen molar-refractivity contribution >= 4 is 17.1 Å². The summed E-state index contributed by atoms with van der Waals surface area (Å²) in [7, 11) is 3.31. The van der Waals surface area contributed by atoms with Gasteiger partial charge < -0.3 is 19.7 Å². The molecule has 1 N–H and O–H groups in total. The van der Waals surface area contributed by atoms with E-state index in [4.69, 9.17) is 9.47 Å². The van der Waals surface area contributed by atoms with Crippen LogP contribution in [0.5, 0.6) is 11.5 Å². The molecular formula is C26H25FN2O2. The number of methoxy groups -OCH3 is 2. The van der Waals surface area contributed by atoms with E-state index in [0.29, 0.717) is 12.3 Å². The topological polar surface area (TPSA) is 33.7 Å². The van der Waals surface area contributed by atoms with Gasteiger partial charge >= 0.3 is 0 Å². The largest absolute Gasteiger partial charge is 0.496 e. The molecule has 0 spiro atoms. The molecule has 2 heterocycles. The van der Waals surface area contributed by atoms with Crippen molar-refractivity contribution in [2.75, 3.05) is 24.4 Å². The van der Waals surface area contributed by atoms with Crippen LogP contribution >= 0.6 is 0 Å². The number of benzene rings is 3.